The average molecular weight is 343 g/mol. The zero-order valence-electron chi connectivity index (χ0n) is 12.3. The molecule has 22 heavy (non-hydrogen) atoms. The summed E-state index contributed by atoms with van der Waals surface area (Å²) in [6.45, 7) is 3.69. The average Bonchev–Trinajstić information content (AvgIpc) is 2.46. The van der Waals surface area contributed by atoms with Crippen molar-refractivity contribution in [2.45, 2.75) is 27.3 Å². The summed E-state index contributed by atoms with van der Waals surface area (Å²) in [5.74, 6) is -0.305. The summed E-state index contributed by atoms with van der Waals surface area (Å²) in [5, 5.41) is 0.574. The van der Waals surface area contributed by atoms with Gasteiger partial charge in [0.15, 0.2) is 0 Å². The number of nitrogens with two attached hydrogens (primary N) is 2. The second-order valence-corrected chi connectivity index (χ2v) is 5.07. The molecular weight excluding hydrogens is 319 g/mol. The van der Waals surface area contributed by atoms with Crippen LogP contribution >= 0.6 is 24.2 Å². The number of thiol groups is 1. The van der Waals surface area contributed by atoms with Crippen LogP contribution in [0.25, 0.3) is 11.1 Å². The van der Waals surface area contributed by atoms with Crippen LogP contribution in [-0.2, 0) is 0 Å². The van der Waals surface area contributed by atoms with E-state index >= 15 is 0 Å². The van der Waals surface area contributed by atoms with Gasteiger partial charge >= 0.3 is 0 Å². The van der Waals surface area contributed by atoms with Gasteiger partial charge in [0.05, 0.1) is 0 Å². The lowest BCUT2D eigenvalue weighted by Gasteiger charge is -2.18. The minimum absolute atomic E-state index is 0. The quantitative estimate of drug-likeness (QED) is 0.516. The molecule has 1 atom stereocenters. The number of rotatable bonds is 2. The van der Waals surface area contributed by atoms with E-state index in [0.717, 1.165) is 16.7 Å². The summed E-state index contributed by atoms with van der Waals surface area (Å²) in [6.07, 6.45) is 1.69. The first kappa shape index (κ1) is 20.8. The number of hydrogen-bond donors (Lipinski definition) is 3. The van der Waals surface area contributed by atoms with Crippen molar-refractivity contribution in [3.05, 3.63) is 52.3 Å². The van der Waals surface area contributed by atoms with Crippen LogP contribution < -0.4 is 11.5 Å². The Hall–Kier alpha value is -1.23. The molecule has 2 nitrogen and oxygen atoms in total. The Bertz CT molecular complexity index is 630. The van der Waals surface area contributed by atoms with Crippen molar-refractivity contribution in [1.29, 1.82) is 0 Å². The topological polar surface area (TPSA) is 52.0 Å². The molecule has 122 valence electrons. The summed E-state index contributed by atoms with van der Waals surface area (Å²) in [7, 11) is 0. The molecule has 0 spiro atoms. The zero-order valence-corrected chi connectivity index (χ0v) is 14.0. The molecule has 0 fully saturated rings. The lowest BCUT2D eigenvalue weighted by molar-refractivity contribution is 0.628. The molecule has 0 heterocycles. The number of benzene rings is 2. The van der Waals surface area contributed by atoms with E-state index in [4.69, 9.17) is 23.1 Å². The molecule has 2 aromatic carbocycles. The van der Waals surface area contributed by atoms with E-state index in [1.165, 1.54) is 12.1 Å². The maximum absolute atomic E-state index is 13.4. The smallest absolute Gasteiger partial charge is 0.123 e. The van der Waals surface area contributed by atoms with Crippen LogP contribution in [0.5, 0.6) is 0 Å². The van der Waals surface area contributed by atoms with Crippen LogP contribution in [0.2, 0.25) is 5.02 Å². The molecule has 0 radical (unpaired) electrons. The Morgan fingerprint density at radius 3 is 2.32 bits per heavy atom. The van der Waals surface area contributed by atoms with Crippen LogP contribution in [0.4, 0.5) is 10.1 Å². The van der Waals surface area contributed by atoms with Gasteiger partial charge in [-0.2, -0.15) is 12.6 Å². The van der Waals surface area contributed by atoms with Crippen molar-refractivity contribution in [3.63, 3.8) is 0 Å². The lowest BCUT2D eigenvalue weighted by Crippen LogP contribution is -2.09. The second-order valence-electron chi connectivity index (χ2n) is 4.66. The van der Waals surface area contributed by atoms with Crippen LogP contribution in [0.1, 0.15) is 31.5 Å². The molecule has 5 heteroatoms. The molecule has 0 aromatic heterocycles. The summed E-state index contributed by atoms with van der Waals surface area (Å²) in [4.78, 5) is 0. The minimum atomic E-state index is -0.305. The van der Waals surface area contributed by atoms with Crippen molar-refractivity contribution in [1.82, 2.24) is 0 Å². The Morgan fingerprint density at radius 2 is 1.82 bits per heavy atom. The van der Waals surface area contributed by atoms with E-state index in [9.17, 15) is 4.39 Å². The summed E-state index contributed by atoms with van der Waals surface area (Å²) in [6, 6.07) is 7.88. The number of nitrogen functional groups attached to an aromatic ring is 1. The summed E-state index contributed by atoms with van der Waals surface area (Å²) in [5.41, 5.74) is 15.7. The minimum Gasteiger partial charge on any atom is -0.398 e. The fraction of sp³-hybridized carbons (Fsp3) is 0.294. The highest BCUT2D eigenvalue weighted by molar-refractivity contribution is 7.79. The van der Waals surface area contributed by atoms with E-state index in [0.29, 0.717) is 16.3 Å². The van der Waals surface area contributed by atoms with Gasteiger partial charge in [-0.25, -0.2) is 4.39 Å². The van der Waals surface area contributed by atoms with Gasteiger partial charge in [0.2, 0.25) is 0 Å². The Balaban J connectivity index is 0.00000141. The van der Waals surface area contributed by atoms with Gasteiger partial charge in [0, 0.05) is 22.3 Å². The summed E-state index contributed by atoms with van der Waals surface area (Å²) < 4.78 is 13.4. The third-order valence-corrected chi connectivity index (χ3v) is 3.60. The second kappa shape index (κ2) is 9.03. The molecule has 0 saturated heterocycles. The standard InChI is InChI=1S/C15H16ClFN2.CH4S.CH4/c1-8-13(16)7-12(9(2)18)14(15(8)19)10-4-3-5-11(17)6-10;1-2;/h3-7,9H,18-19H2,1-2H3;2H,1H3;1H4. The van der Waals surface area contributed by atoms with E-state index in [2.05, 4.69) is 12.6 Å². The first-order valence-electron chi connectivity index (χ1n) is 6.46. The predicted molar refractivity (Wildman–Crippen MR) is 100 cm³/mol. The van der Waals surface area contributed by atoms with Gasteiger partial charge in [-0.1, -0.05) is 31.2 Å². The Labute approximate surface area is 143 Å². The highest BCUT2D eigenvalue weighted by Gasteiger charge is 2.17. The largest absolute Gasteiger partial charge is 0.398 e. The number of hydrogen-bond acceptors (Lipinski definition) is 3. The number of anilines is 1. The van der Waals surface area contributed by atoms with Crippen LogP contribution in [0.3, 0.4) is 0 Å². The van der Waals surface area contributed by atoms with E-state index in [-0.39, 0.29) is 19.3 Å². The van der Waals surface area contributed by atoms with E-state index in [1.54, 1.807) is 18.4 Å². The first-order chi connectivity index (χ1) is 9.91. The van der Waals surface area contributed by atoms with Crippen LogP contribution in [0.15, 0.2) is 30.3 Å². The summed E-state index contributed by atoms with van der Waals surface area (Å²) >= 11 is 9.67. The van der Waals surface area contributed by atoms with Crippen molar-refractivity contribution >= 4 is 29.9 Å². The maximum Gasteiger partial charge on any atom is 0.123 e. The van der Waals surface area contributed by atoms with E-state index < -0.39 is 0 Å². The molecule has 0 bridgehead atoms. The molecule has 0 saturated carbocycles. The van der Waals surface area contributed by atoms with Gasteiger partial charge in [0.25, 0.3) is 0 Å². The molecule has 2 rings (SSSR count). The molecule has 0 aliphatic heterocycles. The molecule has 1 unspecified atom stereocenters. The fourth-order valence-corrected chi connectivity index (χ4v) is 2.33. The first-order valence-corrected chi connectivity index (χ1v) is 7.73. The SMILES string of the molecule is C.CS.Cc1c(Cl)cc(C(C)N)c(-c2cccc(F)c2)c1N. The third kappa shape index (κ3) is 4.38. The van der Waals surface area contributed by atoms with Crippen molar-refractivity contribution in [2.75, 3.05) is 12.0 Å². The Kier molecular flexibility index (Phi) is 8.53. The van der Waals surface area contributed by atoms with E-state index in [1.807, 2.05) is 19.9 Å². The van der Waals surface area contributed by atoms with Gasteiger partial charge in [0.1, 0.15) is 5.82 Å². The Morgan fingerprint density at radius 1 is 1.23 bits per heavy atom. The molecule has 0 aliphatic rings. The normalized spacial score (nSPS) is 11.0. The molecule has 2 aromatic rings. The number of halogens is 2. The van der Waals surface area contributed by atoms with Crippen LogP contribution in [0, 0.1) is 12.7 Å². The predicted octanol–water partition coefficient (Wildman–Crippen LogP) is 5.24. The van der Waals surface area contributed by atoms with Crippen molar-refractivity contribution in [2.24, 2.45) is 5.73 Å². The maximum atomic E-state index is 13.4. The van der Waals surface area contributed by atoms with Crippen LogP contribution in [-0.4, -0.2) is 6.26 Å². The zero-order chi connectivity index (χ0) is 16.2. The highest BCUT2D eigenvalue weighted by atomic mass is 35.5. The van der Waals surface area contributed by atoms with Gasteiger partial charge in [-0.05, 0) is 55.0 Å². The molecule has 4 N–H and O–H groups in total. The third-order valence-electron chi connectivity index (χ3n) is 3.21. The monoisotopic (exact) mass is 342 g/mol. The lowest BCUT2D eigenvalue weighted by atomic mass is 9.92. The van der Waals surface area contributed by atoms with Gasteiger partial charge in [-0.3, -0.25) is 0 Å². The van der Waals surface area contributed by atoms with Gasteiger partial charge in [-0.15, -0.1) is 0 Å². The van der Waals surface area contributed by atoms with Crippen molar-refractivity contribution in [3.8, 4) is 11.1 Å². The fourth-order valence-electron chi connectivity index (χ4n) is 2.11. The molecular formula is C17H24ClFN2S. The highest BCUT2D eigenvalue weighted by Crippen LogP contribution is 2.38. The molecule has 0 aliphatic carbocycles. The van der Waals surface area contributed by atoms with Gasteiger partial charge < -0.3 is 11.5 Å². The molecule has 0 amide bonds. The van der Waals surface area contributed by atoms with Crippen molar-refractivity contribution < 1.29 is 4.39 Å².